The molecule has 0 bridgehead atoms. The average molecular weight is 385 g/mol. The van der Waals surface area contributed by atoms with E-state index in [1.807, 2.05) is 0 Å². The van der Waals surface area contributed by atoms with Crippen LogP contribution in [0.3, 0.4) is 0 Å². The molecular formula is C18H21F2NO6. The van der Waals surface area contributed by atoms with Crippen molar-refractivity contribution in [3.8, 4) is 0 Å². The zero-order valence-electron chi connectivity index (χ0n) is 15.5. The van der Waals surface area contributed by atoms with Crippen molar-refractivity contribution >= 4 is 18.2 Å². The van der Waals surface area contributed by atoms with Crippen LogP contribution in [-0.2, 0) is 25.6 Å². The molecule has 148 valence electrons. The number of amides is 2. The van der Waals surface area contributed by atoms with Crippen molar-refractivity contribution in [1.82, 2.24) is 4.90 Å². The number of carbonyl (C=O) groups excluding carboxylic acids is 3. The number of alkyl halides is 2. The van der Waals surface area contributed by atoms with Gasteiger partial charge in [-0.25, -0.2) is 23.2 Å². The third kappa shape index (κ3) is 4.17. The lowest BCUT2D eigenvalue weighted by atomic mass is 10.2. The molecule has 0 aromatic heterocycles. The lowest BCUT2D eigenvalue weighted by Crippen LogP contribution is -2.55. The molecule has 1 aliphatic rings. The Balaban J connectivity index is 2.31. The minimum Gasteiger partial charge on any atom is -0.467 e. The first-order valence-corrected chi connectivity index (χ1v) is 8.15. The molecule has 2 rings (SSSR count). The minimum atomic E-state index is -3.65. The second kappa shape index (κ2) is 7.13. The molecule has 2 amide bonds. The first kappa shape index (κ1) is 20.6. The van der Waals surface area contributed by atoms with E-state index in [1.54, 1.807) is 30.3 Å². The van der Waals surface area contributed by atoms with Crippen molar-refractivity contribution in [2.75, 3.05) is 7.11 Å². The summed E-state index contributed by atoms with van der Waals surface area (Å²) in [5, 5.41) is 0. The van der Waals surface area contributed by atoms with E-state index in [1.165, 1.54) is 20.8 Å². The summed E-state index contributed by atoms with van der Waals surface area (Å²) in [6.45, 7) is 4.21. The SMILES string of the molecule is COC(=O)C1(N(C(=O)OCc2ccccc2)C(=O)OC(C)(C)C)CC1(F)F. The molecule has 1 unspecified atom stereocenters. The molecule has 0 spiro atoms. The molecule has 9 heteroatoms. The van der Waals surface area contributed by atoms with Gasteiger partial charge in [0.2, 0.25) is 5.54 Å². The Morgan fingerprint density at radius 2 is 1.67 bits per heavy atom. The average Bonchev–Trinajstić information content (AvgIpc) is 3.14. The molecule has 0 aliphatic heterocycles. The summed E-state index contributed by atoms with van der Waals surface area (Å²) in [7, 11) is 0.890. The van der Waals surface area contributed by atoms with E-state index in [9.17, 15) is 23.2 Å². The topological polar surface area (TPSA) is 82.1 Å². The van der Waals surface area contributed by atoms with Crippen molar-refractivity contribution in [3.63, 3.8) is 0 Å². The van der Waals surface area contributed by atoms with Gasteiger partial charge in [-0.15, -0.1) is 0 Å². The van der Waals surface area contributed by atoms with Gasteiger partial charge < -0.3 is 14.2 Å². The molecule has 1 atom stereocenters. The largest absolute Gasteiger partial charge is 0.467 e. The Morgan fingerprint density at radius 1 is 1.11 bits per heavy atom. The van der Waals surface area contributed by atoms with Crippen LogP contribution in [-0.4, -0.2) is 47.2 Å². The molecule has 0 saturated heterocycles. The summed E-state index contributed by atoms with van der Waals surface area (Å²) in [4.78, 5) is 37.0. The second-order valence-electron chi connectivity index (χ2n) is 7.09. The number of carbonyl (C=O) groups is 3. The second-order valence-corrected chi connectivity index (χ2v) is 7.09. The van der Waals surface area contributed by atoms with E-state index < -0.39 is 41.6 Å². The first-order valence-electron chi connectivity index (χ1n) is 8.15. The molecule has 27 heavy (non-hydrogen) atoms. The van der Waals surface area contributed by atoms with E-state index >= 15 is 0 Å². The van der Waals surface area contributed by atoms with Crippen LogP contribution in [0.25, 0.3) is 0 Å². The van der Waals surface area contributed by atoms with Crippen LogP contribution in [0.1, 0.15) is 32.8 Å². The number of methoxy groups -OCH3 is 1. The lowest BCUT2D eigenvalue weighted by molar-refractivity contribution is -0.152. The molecule has 1 aromatic carbocycles. The normalized spacial score (nSPS) is 20.4. The van der Waals surface area contributed by atoms with Crippen LogP contribution >= 0.6 is 0 Å². The molecule has 0 heterocycles. The Bertz CT molecular complexity index is 731. The van der Waals surface area contributed by atoms with Gasteiger partial charge in [0.05, 0.1) is 13.5 Å². The van der Waals surface area contributed by atoms with Gasteiger partial charge in [0.15, 0.2) is 0 Å². The van der Waals surface area contributed by atoms with Crippen LogP contribution in [0.5, 0.6) is 0 Å². The maximum absolute atomic E-state index is 14.1. The fourth-order valence-electron chi connectivity index (χ4n) is 2.48. The number of nitrogens with zero attached hydrogens (tertiary/aromatic N) is 1. The van der Waals surface area contributed by atoms with E-state index in [0.29, 0.717) is 5.56 Å². The summed E-state index contributed by atoms with van der Waals surface area (Å²) in [6, 6.07) is 8.43. The van der Waals surface area contributed by atoms with Gasteiger partial charge >= 0.3 is 18.2 Å². The molecule has 1 saturated carbocycles. The zero-order valence-corrected chi connectivity index (χ0v) is 15.5. The number of hydrogen-bond acceptors (Lipinski definition) is 6. The third-order valence-corrected chi connectivity index (χ3v) is 3.83. The maximum Gasteiger partial charge on any atom is 0.421 e. The van der Waals surface area contributed by atoms with Gasteiger partial charge in [-0.2, -0.15) is 4.90 Å². The van der Waals surface area contributed by atoms with Crippen molar-refractivity contribution in [2.24, 2.45) is 0 Å². The quantitative estimate of drug-likeness (QED) is 0.583. The van der Waals surface area contributed by atoms with E-state index in [0.717, 1.165) is 7.11 Å². The van der Waals surface area contributed by atoms with Gasteiger partial charge in [0.1, 0.15) is 12.2 Å². The van der Waals surface area contributed by atoms with Gasteiger partial charge in [0, 0.05) is 0 Å². The molecule has 7 nitrogen and oxygen atoms in total. The number of halogens is 2. The minimum absolute atomic E-state index is 0.0209. The van der Waals surface area contributed by atoms with Gasteiger partial charge in [0.25, 0.3) is 5.92 Å². The highest BCUT2D eigenvalue weighted by atomic mass is 19.3. The van der Waals surface area contributed by atoms with Crippen molar-refractivity contribution in [2.45, 2.75) is 50.9 Å². The molecule has 0 N–H and O–H groups in total. The van der Waals surface area contributed by atoms with Gasteiger partial charge in [-0.1, -0.05) is 30.3 Å². The molecular weight excluding hydrogens is 364 g/mol. The number of benzene rings is 1. The monoisotopic (exact) mass is 385 g/mol. The highest BCUT2D eigenvalue weighted by molar-refractivity contribution is 6.00. The van der Waals surface area contributed by atoms with Crippen LogP contribution in [0.2, 0.25) is 0 Å². The number of hydrogen-bond donors (Lipinski definition) is 0. The molecule has 1 aliphatic carbocycles. The van der Waals surface area contributed by atoms with Crippen LogP contribution in [0, 0.1) is 0 Å². The number of imide groups is 1. The van der Waals surface area contributed by atoms with E-state index in [-0.39, 0.29) is 11.5 Å². The Morgan fingerprint density at radius 3 is 2.11 bits per heavy atom. The highest BCUT2D eigenvalue weighted by Gasteiger charge is 2.83. The summed E-state index contributed by atoms with van der Waals surface area (Å²) in [5.41, 5.74) is -3.29. The fraction of sp³-hybridized carbons (Fsp3) is 0.500. The Labute approximate surface area is 155 Å². The van der Waals surface area contributed by atoms with E-state index in [2.05, 4.69) is 4.74 Å². The van der Waals surface area contributed by atoms with Gasteiger partial charge in [-0.05, 0) is 26.3 Å². The van der Waals surface area contributed by atoms with E-state index in [4.69, 9.17) is 9.47 Å². The third-order valence-electron chi connectivity index (χ3n) is 3.83. The predicted octanol–water partition coefficient (Wildman–Crippen LogP) is 3.51. The predicted molar refractivity (Wildman–Crippen MR) is 89.0 cm³/mol. The standard InChI is InChI=1S/C18H21F2NO6/c1-16(2,3)27-15(24)21(17(13(22)25-4)11-18(17,19)20)14(23)26-10-12-8-6-5-7-9-12/h5-9H,10-11H2,1-4H3. The van der Waals surface area contributed by atoms with Gasteiger partial charge in [-0.3, -0.25) is 0 Å². The molecule has 0 radical (unpaired) electrons. The van der Waals surface area contributed by atoms with Crippen LogP contribution in [0.15, 0.2) is 30.3 Å². The summed E-state index contributed by atoms with van der Waals surface area (Å²) in [5.74, 6) is -5.07. The summed E-state index contributed by atoms with van der Waals surface area (Å²) >= 11 is 0. The number of ether oxygens (including phenoxy) is 3. The maximum atomic E-state index is 14.1. The summed E-state index contributed by atoms with van der Waals surface area (Å²) in [6.07, 6.45) is -3.90. The molecule has 1 aromatic rings. The summed E-state index contributed by atoms with van der Waals surface area (Å²) < 4.78 is 42.6. The zero-order chi connectivity index (χ0) is 20.5. The Kier molecular flexibility index (Phi) is 5.44. The van der Waals surface area contributed by atoms with Crippen LogP contribution in [0.4, 0.5) is 18.4 Å². The fourth-order valence-corrected chi connectivity index (χ4v) is 2.48. The number of rotatable bonds is 4. The van der Waals surface area contributed by atoms with Crippen LogP contribution < -0.4 is 0 Å². The molecule has 1 fully saturated rings. The first-order chi connectivity index (χ1) is 12.4. The lowest BCUT2D eigenvalue weighted by Gasteiger charge is -2.30. The number of esters is 1. The highest BCUT2D eigenvalue weighted by Crippen LogP contribution is 2.57. The Hall–Kier alpha value is -2.71. The van der Waals surface area contributed by atoms with Crippen molar-refractivity contribution in [3.05, 3.63) is 35.9 Å². The van der Waals surface area contributed by atoms with Crippen molar-refractivity contribution < 1.29 is 37.4 Å². The smallest absolute Gasteiger partial charge is 0.421 e. The van der Waals surface area contributed by atoms with Crippen molar-refractivity contribution in [1.29, 1.82) is 0 Å².